The molecule has 1 aliphatic carbocycles. The summed E-state index contributed by atoms with van der Waals surface area (Å²) in [5.41, 5.74) is -0.572. The predicted octanol–water partition coefficient (Wildman–Crippen LogP) is 2.14. The molecule has 0 N–H and O–H groups in total. The Morgan fingerprint density at radius 2 is 1.95 bits per heavy atom. The van der Waals surface area contributed by atoms with Gasteiger partial charge >= 0.3 is 0 Å². The molecule has 0 aromatic rings. The summed E-state index contributed by atoms with van der Waals surface area (Å²) in [4.78, 5) is 17.1. The van der Waals surface area contributed by atoms with Gasteiger partial charge < -0.3 is 9.64 Å². The highest BCUT2D eigenvalue weighted by atomic mass is 35.5. The van der Waals surface area contributed by atoms with Gasteiger partial charge in [0.2, 0.25) is 5.91 Å². The molecular formula is C15H24Cl2N2O2. The van der Waals surface area contributed by atoms with Crippen LogP contribution in [-0.2, 0) is 9.53 Å². The molecule has 0 radical (unpaired) electrons. The summed E-state index contributed by atoms with van der Waals surface area (Å²) in [5.74, 6) is 0.697. The topological polar surface area (TPSA) is 32.8 Å². The minimum absolute atomic E-state index is 0.138. The highest BCUT2D eigenvalue weighted by Crippen LogP contribution is 2.64. The fourth-order valence-electron chi connectivity index (χ4n) is 3.53. The lowest BCUT2D eigenvalue weighted by Gasteiger charge is -2.38. The van der Waals surface area contributed by atoms with Gasteiger partial charge in [0, 0.05) is 32.7 Å². The maximum absolute atomic E-state index is 12.7. The first kappa shape index (κ1) is 15.9. The minimum Gasteiger partial charge on any atom is -0.379 e. The van der Waals surface area contributed by atoms with Gasteiger partial charge in [0.25, 0.3) is 0 Å². The number of rotatable bonds is 3. The Morgan fingerprint density at radius 1 is 1.29 bits per heavy atom. The van der Waals surface area contributed by atoms with Gasteiger partial charge in [-0.25, -0.2) is 0 Å². The van der Waals surface area contributed by atoms with E-state index < -0.39 is 9.75 Å². The molecule has 0 bridgehead atoms. The lowest BCUT2D eigenvalue weighted by atomic mass is 9.95. The third-order valence-electron chi connectivity index (χ3n) is 5.16. The van der Waals surface area contributed by atoms with Crippen molar-refractivity contribution in [1.29, 1.82) is 0 Å². The van der Waals surface area contributed by atoms with Crippen LogP contribution in [0, 0.1) is 11.3 Å². The van der Waals surface area contributed by atoms with E-state index in [2.05, 4.69) is 4.90 Å². The van der Waals surface area contributed by atoms with Crippen molar-refractivity contribution in [2.75, 3.05) is 45.9 Å². The molecule has 3 fully saturated rings. The van der Waals surface area contributed by atoms with Gasteiger partial charge in [-0.15, -0.1) is 23.2 Å². The van der Waals surface area contributed by atoms with Crippen molar-refractivity contribution >= 4 is 29.1 Å². The first-order chi connectivity index (χ1) is 9.92. The van der Waals surface area contributed by atoms with E-state index >= 15 is 0 Å². The standard InChI is InChI=1S/C15H24Cl2N2O2/c1-14(11-15(14,16)17)13(20)19-4-2-3-12(10-19)9-18-5-7-21-8-6-18/h12H,2-11H2,1H3/t12-,14+/m0/s1. The van der Waals surface area contributed by atoms with E-state index in [1.807, 2.05) is 11.8 Å². The summed E-state index contributed by atoms with van der Waals surface area (Å²) >= 11 is 12.3. The van der Waals surface area contributed by atoms with Crippen LogP contribution in [0.15, 0.2) is 0 Å². The average molecular weight is 335 g/mol. The zero-order valence-corrected chi connectivity index (χ0v) is 14.1. The fraction of sp³-hybridized carbons (Fsp3) is 0.933. The number of amides is 1. The second kappa shape index (κ2) is 5.88. The van der Waals surface area contributed by atoms with E-state index in [0.717, 1.165) is 52.4 Å². The van der Waals surface area contributed by atoms with Crippen LogP contribution >= 0.6 is 23.2 Å². The highest BCUT2D eigenvalue weighted by Gasteiger charge is 2.68. The Bertz CT molecular complexity index is 412. The van der Waals surface area contributed by atoms with Gasteiger partial charge in [-0.2, -0.15) is 0 Å². The number of carbonyl (C=O) groups is 1. The quantitative estimate of drug-likeness (QED) is 0.741. The predicted molar refractivity (Wildman–Crippen MR) is 83.7 cm³/mol. The van der Waals surface area contributed by atoms with Crippen LogP contribution in [-0.4, -0.2) is 66.0 Å². The second-order valence-corrected chi connectivity index (χ2v) is 8.37. The Balaban J connectivity index is 1.54. The second-order valence-electron chi connectivity index (χ2n) is 6.89. The molecule has 3 aliphatic rings. The molecule has 1 amide bonds. The maximum Gasteiger partial charge on any atom is 0.231 e. The number of alkyl halides is 2. The third kappa shape index (κ3) is 3.19. The van der Waals surface area contributed by atoms with Crippen LogP contribution in [0.1, 0.15) is 26.2 Å². The van der Waals surface area contributed by atoms with Crippen molar-refractivity contribution in [1.82, 2.24) is 9.80 Å². The molecule has 2 heterocycles. The molecule has 21 heavy (non-hydrogen) atoms. The van der Waals surface area contributed by atoms with Crippen LogP contribution in [0.25, 0.3) is 0 Å². The number of ether oxygens (including phenoxy) is 1. The number of nitrogens with zero attached hydrogens (tertiary/aromatic N) is 2. The Morgan fingerprint density at radius 3 is 2.57 bits per heavy atom. The first-order valence-electron chi connectivity index (χ1n) is 7.90. The summed E-state index contributed by atoms with van der Waals surface area (Å²) < 4.78 is 4.53. The van der Waals surface area contributed by atoms with Gasteiger partial charge in [-0.1, -0.05) is 0 Å². The molecule has 2 saturated heterocycles. The van der Waals surface area contributed by atoms with Crippen LogP contribution in [0.5, 0.6) is 0 Å². The van der Waals surface area contributed by atoms with E-state index in [-0.39, 0.29) is 5.91 Å². The number of carbonyl (C=O) groups excluding carboxylic acids is 1. The molecule has 3 rings (SSSR count). The number of hydrogen-bond donors (Lipinski definition) is 0. The molecule has 6 heteroatoms. The van der Waals surface area contributed by atoms with Gasteiger partial charge in [-0.3, -0.25) is 9.69 Å². The van der Waals surface area contributed by atoms with E-state index in [0.29, 0.717) is 12.3 Å². The SMILES string of the molecule is C[C@]1(C(=O)N2CCC[C@@H](CN3CCOCC3)C2)CC1(Cl)Cl. The summed E-state index contributed by atoms with van der Waals surface area (Å²) in [7, 11) is 0. The van der Waals surface area contributed by atoms with Crippen LogP contribution in [0.3, 0.4) is 0 Å². The van der Waals surface area contributed by atoms with Gasteiger partial charge in [0.05, 0.1) is 18.6 Å². The smallest absolute Gasteiger partial charge is 0.231 e. The van der Waals surface area contributed by atoms with Crippen molar-refractivity contribution in [2.45, 2.75) is 30.5 Å². The summed E-state index contributed by atoms with van der Waals surface area (Å²) in [6, 6.07) is 0. The van der Waals surface area contributed by atoms with Gasteiger partial charge in [-0.05, 0) is 32.1 Å². The first-order valence-corrected chi connectivity index (χ1v) is 8.65. The lowest BCUT2D eigenvalue weighted by molar-refractivity contribution is -0.138. The molecule has 0 unspecified atom stereocenters. The Kier molecular flexibility index (Phi) is 4.44. The molecular weight excluding hydrogens is 311 g/mol. The normalized spacial score (nSPS) is 36.5. The van der Waals surface area contributed by atoms with E-state index in [4.69, 9.17) is 27.9 Å². The summed E-state index contributed by atoms with van der Waals surface area (Å²) in [6.07, 6.45) is 2.85. The molecule has 0 spiro atoms. The van der Waals surface area contributed by atoms with E-state index in [9.17, 15) is 4.79 Å². The van der Waals surface area contributed by atoms with Crippen LogP contribution in [0.4, 0.5) is 0 Å². The number of piperidine rings is 1. The highest BCUT2D eigenvalue weighted by molar-refractivity contribution is 6.53. The fourth-order valence-corrected chi connectivity index (χ4v) is 4.22. The monoisotopic (exact) mass is 334 g/mol. The summed E-state index contributed by atoms with van der Waals surface area (Å²) in [5, 5.41) is 0. The molecule has 120 valence electrons. The number of halogens is 2. The molecule has 0 aromatic heterocycles. The van der Waals surface area contributed by atoms with Crippen molar-refractivity contribution in [2.24, 2.45) is 11.3 Å². The number of hydrogen-bond acceptors (Lipinski definition) is 3. The third-order valence-corrected chi connectivity index (χ3v) is 6.26. The van der Waals surface area contributed by atoms with Gasteiger partial charge in [0.15, 0.2) is 0 Å². The zero-order valence-electron chi connectivity index (χ0n) is 12.6. The maximum atomic E-state index is 12.7. The molecule has 2 atom stereocenters. The minimum atomic E-state index is -0.860. The molecule has 1 saturated carbocycles. The molecule has 0 aromatic carbocycles. The Hall–Kier alpha value is -0.0300. The lowest BCUT2D eigenvalue weighted by Crippen LogP contribution is -2.48. The van der Waals surface area contributed by atoms with Crippen molar-refractivity contribution < 1.29 is 9.53 Å². The van der Waals surface area contributed by atoms with E-state index in [1.54, 1.807) is 0 Å². The average Bonchev–Trinajstić information content (AvgIpc) is 2.99. The van der Waals surface area contributed by atoms with Crippen molar-refractivity contribution in [3.05, 3.63) is 0 Å². The number of morpholine rings is 1. The van der Waals surface area contributed by atoms with Crippen molar-refractivity contribution in [3.63, 3.8) is 0 Å². The molecule has 4 nitrogen and oxygen atoms in total. The van der Waals surface area contributed by atoms with E-state index in [1.165, 1.54) is 6.42 Å². The largest absolute Gasteiger partial charge is 0.379 e. The zero-order chi connectivity index (χ0) is 15.1. The van der Waals surface area contributed by atoms with Gasteiger partial charge in [0.1, 0.15) is 4.33 Å². The van der Waals surface area contributed by atoms with Crippen LogP contribution in [0.2, 0.25) is 0 Å². The van der Waals surface area contributed by atoms with Crippen molar-refractivity contribution in [3.8, 4) is 0 Å². The Labute approximate surface area is 136 Å². The van der Waals surface area contributed by atoms with Crippen LogP contribution < -0.4 is 0 Å². The molecule has 2 aliphatic heterocycles. The summed E-state index contributed by atoms with van der Waals surface area (Å²) in [6.45, 7) is 8.32. The number of likely N-dealkylation sites (tertiary alicyclic amines) is 1.